The first-order chi connectivity index (χ1) is 20.8. The Morgan fingerprint density at radius 2 is 1.82 bits per heavy atom. The van der Waals surface area contributed by atoms with Crippen LogP contribution in [0, 0.1) is 22.7 Å². The van der Waals surface area contributed by atoms with E-state index in [9.17, 15) is 19.2 Å². The number of aromatic nitrogens is 2. The first-order valence-electron chi connectivity index (χ1n) is 15.6. The Balaban J connectivity index is 1.40. The van der Waals surface area contributed by atoms with Gasteiger partial charge in [0.15, 0.2) is 5.78 Å². The number of hydrogen-bond donors (Lipinski definition) is 1. The molecule has 11 heteroatoms. The van der Waals surface area contributed by atoms with Crippen LogP contribution in [-0.2, 0) is 25.5 Å². The summed E-state index contributed by atoms with van der Waals surface area (Å²) in [6, 6.07) is 3.78. The van der Waals surface area contributed by atoms with Gasteiger partial charge in [-0.3, -0.25) is 14.4 Å². The van der Waals surface area contributed by atoms with Gasteiger partial charge < -0.3 is 24.4 Å². The van der Waals surface area contributed by atoms with Crippen molar-refractivity contribution in [3.05, 3.63) is 23.9 Å². The highest BCUT2D eigenvalue weighted by Gasteiger charge is 2.53. The SMILES string of the molecule is COc1ccc2nc3c(nc2c1)O[C@H]1CN(C(=O)[C@H](C(C)(C)C)NC(=O)O[C@@H]2C[C@H]2CC(=O)C2(CC3)CC2)[C@H](C(C)=O)[C@@H]1C. The zero-order valence-corrected chi connectivity index (χ0v) is 26.3. The van der Waals surface area contributed by atoms with Gasteiger partial charge in [0.25, 0.3) is 0 Å². The molecule has 2 aliphatic heterocycles. The van der Waals surface area contributed by atoms with Crippen LogP contribution in [0.3, 0.4) is 0 Å². The second-order valence-electron chi connectivity index (χ2n) is 14.2. The quantitative estimate of drug-likeness (QED) is 0.537. The summed E-state index contributed by atoms with van der Waals surface area (Å²) < 4.78 is 17.6. The fourth-order valence-electron chi connectivity index (χ4n) is 6.82. The van der Waals surface area contributed by atoms with E-state index in [4.69, 9.17) is 24.2 Å². The number of nitrogens with zero attached hydrogens (tertiary/aromatic N) is 3. The Kier molecular flexibility index (Phi) is 7.57. The summed E-state index contributed by atoms with van der Waals surface area (Å²) in [6.07, 6.45) is 2.14. The summed E-state index contributed by atoms with van der Waals surface area (Å²) in [7, 11) is 1.59. The lowest BCUT2D eigenvalue weighted by Crippen LogP contribution is -2.57. The minimum atomic E-state index is -0.946. The average molecular weight is 607 g/mol. The number of methoxy groups -OCH3 is 1. The molecular weight excluding hydrogens is 564 g/mol. The van der Waals surface area contributed by atoms with Crippen LogP contribution in [0.1, 0.15) is 72.4 Å². The van der Waals surface area contributed by atoms with E-state index in [2.05, 4.69) is 5.32 Å². The topological polar surface area (TPSA) is 137 Å². The molecule has 6 rings (SSSR count). The van der Waals surface area contributed by atoms with Crippen molar-refractivity contribution in [3.63, 3.8) is 0 Å². The van der Waals surface area contributed by atoms with Gasteiger partial charge in [-0.25, -0.2) is 14.8 Å². The van der Waals surface area contributed by atoms with Gasteiger partial charge in [-0.05, 0) is 56.6 Å². The number of benzene rings is 1. The predicted octanol–water partition coefficient (Wildman–Crippen LogP) is 4.04. The van der Waals surface area contributed by atoms with Gasteiger partial charge in [0.05, 0.1) is 30.7 Å². The first-order valence-corrected chi connectivity index (χ1v) is 15.6. The number of nitrogens with one attached hydrogen (secondary N) is 1. The van der Waals surface area contributed by atoms with Crippen molar-refractivity contribution in [2.75, 3.05) is 13.7 Å². The van der Waals surface area contributed by atoms with Gasteiger partial charge in [0.1, 0.15) is 35.5 Å². The molecule has 0 radical (unpaired) electrons. The number of amides is 2. The summed E-state index contributed by atoms with van der Waals surface area (Å²) in [6.45, 7) is 9.07. The number of fused-ring (bicyclic) bond motifs is 5. The number of carbonyl (C=O) groups excluding carboxylic acids is 4. The van der Waals surface area contributed by atoms with Crippen molar-refractivity contribution < 1.29 is 33.4 Å². The largest absolute Gasteiger partial charge is 0.497 e. The van der Waals surface area contributed by atoms with E-state index in [-0.39, 0.29) is 42.0 Å². The van der Waals surface area contributed by atoms with Gasteiger partial charge in [-0.1, -0.05) is 27.7 Å². The Bertz CT molecular complexity index is 1510. The van der Waals surface area contributed by atoms with Crippen LogP contribution < -0.4 is 14.8 Å². The maximum Gasteiger partial charge on any atom is 0.408 e. The minimum Gasteiger partial charge on any atom is -0.497 e. The number of alkyl carbamates (subject to hydrolysis) is 1. The third-order valence-corrected chi connectivity index (χ3v) is 9.89. The van der Waals surface area contributed by atoms with Gasteiger partial charge in [-0.2, -0.15) is 0 Å². The molecule has 2 amide bonds. The lowest BCUT2D eigenvalue weighted by Gasteiger charge is -2.35. The summed E-state index contributed by atoms with van der Waals surface area (Å²) >= 11 is 0. The van der Waals surface area contributed by atoms with E-state index in [1.807, 2.05) is 39.8 Å². The highest BCUT2D eigenvalue weighted by molar-refractivity contribution is 5.93. The smallest absolute Gasteiger partial charge is 0.408 e. The second kappa shape index (κ2) is 11.0. The zero-order valence-electron chi connectivity index (χ0n) is 26.3. The molecule has 1 N–H and O–H groups in total. The summed E-state index contributed by atoms with van der Waals surface area (Å²) in [4.78, 5) is 64.9. The average Bonchev–Trinajstić information content (AvgIpc) is 3.87. The number of carbonyl (C=O) groups is 4. The molecule has 3 heterocycles. The molecule has 1 aromatic carbocycles. The first kappa shape index (κ1) is 30.3. The number of rotatable bonds is 2. The van der Waals surface area contributed by atoms with E-state index in [0.717, 1.165) is 12.8 Å². The molecule has 4 aliphatic rings. The summed E-state index contributed by atoms with van der Waals surface area (Å²) in [5, 5.41) is 2.79. The molecule has 2 saturated carbocycles. The third kappa shape index (κ3) is 5.73. The molecule has 2 aliphatic carbocycles. The van der Waals surface area contributed by atoms with E-state index < -0.39 is 35.1 Å². The van der Waals surface area contributed by atoms with Crippen LogP contribution in [0.25, 0.3) is 11.0 Å². The zero-order chi connectivity index (χ0) is 31.6. The molecule has 3 fully saturated rings. The maximum atomic E-state index is 14.1. The Labute approximate surface area is 257 Å². The molecular formula is C33H42N4O7. The third-order valence-electron chi connectivity index (χ3n) is 9.89. The van der Waals surface area contributed by atoms with Crippen LogP contribution in [0.4, 0.5) is 4.79 Å². The van der Waals surface area contributed by atoms with Crippen LogP contribution in [0.2, 0.25) is 0 Å². The number of hydrogen-bond acceptors (Lipinski definition) is 9. The van der Waals surface area contributed by atoms with E-state index in [1.54, 1.807) is 13.2 Å². The standard InChI is InChI=1S/C33H42N4O7/c1-17-25-16-37(27(17)18(2)38)30(40)28(32(3,4)5)36-31(41)44-24-13-19(24)14-26(39)33(11-12-33)10-9-22-29(43-25)35-23-15-20(42-6)7-8-21(23)34-22/h7-8,15,17,19,24-25,27-28H,9-14,16H2,1-6H3,(H,36,41)/t17-,19+,24-,25+,27+,28-/m1/s1. The van der Waals surface area contributed by atoms with Crippen LogP contribution in [0.5, 0.6) is 11.6 Å². The predicted molar refractivity (Wildman–Crippen MR) is 160 cm³/mol. The van der Waals surface area contributed by atoms with Gasteiger partial charge in [0.2, 0.25) is 11.8 Å². The molecule has 1 spiro atoms. The van der Waals surface area contributed by atoms with E-state index in [1.165, 1.54) is 11.8 Å². The molecule has 1 aromatic heterocycles. The molecule has 11 nitrogen and oxygen atoms in total. The number of ether oxygens (including phenoxy) is 3. The molecule has 44 heavy (non-hydrogen) atoms. The maximum absolute atomic E-state index is 14.1. The summed E-state index contributed by atoms with van der Waals surface area (Å²) in [5.41, 5.74) is 0.848. The highest BCUT2D eigenvalue weighted by Crippen LogP contribution is 2.53. The molecule has 2 aromatic rings. The van der Waals surface area contributed by atoms with Crippen molar-refractivity contribution in [2.24, 2.45) is 22.7 Å². The van der Waals surface area contributed by atoms with Crippen molar-refractivity contribution in [3.8, 4) is 11.6 Å². The van der Waals surface area contributed by atoms with Gasteiger partial charge in [-0.15, -0.1) is 0 Å². The number of aryl methyl sites for hydroxylation is 1. The van der Waals surface area contributed by atoms with Crippen molar-refractivity contribution in [1.29, 1.82) is 0 Å². The lowest BCUT2D eigenvalue weighted by molar-refractivity contribution is -0.141. The van der Waals surface area contributed by atoms with E-state index in [0.29, 0.717) is 54.0 Å². The second-order valence-corrected chi connectivity index (χ2v) is 14.2. The normalized spacial score (nSPS) is 30.3. The van der Waals surface area contributed by atoms with Crippen LogP contribution in [0.15, 0.2) is 18.2 Å². The van der Waals surface area contributed by atoms with Gasteiger partial charge in [0, 0.05) is 29.7 Å². The molecule has 1 saturated heterocycles. The van der Waals surface area contributed by atoms with Crippen molar-refractivity contribution in [2.45, 2.75) is 97.4 Å². The van der Waals surface area contributed by atoms with Gasteiger partial charge >= 0.3 is 6.09 Å². The monoisotopic (exact) mass is 606 g/mol. The molecule has 2 bridgehead atoms. The summed E-state index contributed by atoms with van der Waals surface area (Å²) in [5.74, 6) is 0.247. The van der Waals surface area contributed by atoms with E-state index >= 15 is 0 Å². The highest BCUT2D eigenvalue weighted by atomic mass is 16.6. The Hall–Kier alpha value is -3.76. The number of Topliss-reactive ketones (excluding diaryl/α,β-unsaturated/α-hetero) is 2. The number of ketones is 2. The van der Waals surface area contributed by atoms with Crippen LogP contribution in [-0.4, -0.2) is 76.4 Å². The molecule has 6 atom stereocenters. The minimum absolute atomic E-state index is 0.0231. The van der Waals surface area contributed by atoms with Crippen LogP contribution >= 0.6 is 0 Å². The fourth-order valence-corrected chi connectivity index (χ4v) is 6.82. The molecule has 236 valence electrons. The Morgan fingerprint density at radius 1 is 1.07 bits per heavy atom. The molecule has 0 unspecified atom stereocenters. The van der Waals surface area contributed by atoms with Crippen molar-refractivity contribution in [1.82, 2.24) is 20.2 Å². The Morgan fingerprint density at radius 3 is 2.48 bits per heavy atom. The fraction of sp³-hybridized carbons (Fsp3) is 0.636. The lowest BCUT2D eigenvalue weighted by atomic mass is 9.85. The van der Waals surface area contributed by atoms with Crippen molar-refractivity contribution >= 4 is 34.6 Å².